The number of aromatic nitrogens is 4. The van der Waals surface area contributed by atoms with Gasteiger partial charge in [0.15, 0.2) is 0 Å². The van der Waals surface area contributed by atoms with Crippen molar-refractivity contribution < 1.29 is 4.39 Å². The van der Waals surface area contributed by atoms with E-state index in [0.717, 1.165) is 15.0 Å². The lowest BCUT2D eigenvalue weighted by molar-refractivity contribution is 0.426. The number of nitrogens with one attached hydrogen (secondary N) is 1. The minimum absolute atomic E-state index is 0.260. The van der Waals surface area contributed by atoms with Crippen LogP contribution in [0.3, 0.4) is 0 Å². The maximum atomic E-state index is 12.2. The second kappa shape index (κ2) is 5.39. The van der Waals surface area contributed by atoms with Gasteiger partial charge in [0.05, 0.1) is 17.9 Å². The summed E-state index contributed by atoms with van der Waals surface area (Å²) in [5, 5.41) is 7.22. The monoisotopic (exact) mass is 347 g/mol. The van der Waals surface area contributed by atoms with Crippen LogP contribution in [0.1, 0.15) is 5.69 Å². The Morgan fingerprint density at radius 1 is 1.41 bits per heavy atom. The van der Waals surface area contributed by atoms with Crippen LogP contribution < -0.4 is 5.32 Å². The highest BCUT2D eigenvalue weighted by atomic mass is 127. The number of nitrogens with zero attached hydrogens (tertiary/aromatic N) is 4. The van der Waals surface area contributed by atoms with Crippen LogP contribution in [0.15, 0.2) is 18.6 Å². The summed E-state index contributed by atoms with van der Waals surface area (Å²) in [6.07, 6.45) is 5.19. The molecular formula is C10H11FIN5. The summed E-state index contributed by atoms with van der Waals surface area (Å²) in [5.41, 5.74) is 1.58. The molecule has 2 aromatic rings. The zero-order chi connectivity index (χ0) is 12.3. The van der Waals surface area contributed by atoms with Gasteiger partial charge in [0, 0.05) is 22.2 Å². The van der Waals surface area contributed by atoms with Crippen molar-refractivity contribution in [2.45, 2.75) is 13.5 Å². The first-order chi connectivity index (χ1) is 8.19. The Bertz CT molecular complexity index is 496. The molecule has 0 aliphatic rings. The molecule has 0 radical (unpaired) electrons. The highest BCUT2D eigenvalue weighted by molar-refractivity contribution is 14.1. The van der Waals surface area contributed by atoms with E-state index in [1.807, 2.05) is 6.92 Å². The molecule has 0 bridgehead atoms. The minimum Gasteiger partial charge on any atom is -0.321 e. The number of hydrogen-bond acceptors (Lipinski definition) is 4. The summed E-state index contributed by atoms with van der Waals surface area (Å²) in [5.74, 6) is 0.508. The van der Waals surface area contributed by atoms with E-state index in [2.05, 4.69) is 43.0 Å². The zero-order valence-electron chi connectivity index (χ0n) is 9.19. The largest absolute Gasteiger partial charge is 0.321 e. The standard InChI is InChI=1S/C10H11FIN5/c1-7-9(6-17(16-7)3-2-11)15-10-13-4-8(12)5-14-10/h4-6H,2-3H2,1H3,(H,13,14,15). The van der Waals surface area contributed by atoms with E-state index in [1.165, 1.54) is 0 Å². The Hall–Kier alpha value is -1.25. The van der Waals surface area contributed by atoms with Gasteiger partial charge in [-0.25, -0.2) is 14.4 Å². The molecule has 0 aliphatic carbocycles. The maximum Gasteiger partial charge on any atom is 0.227 e. The van der Waals surface area contributed by atoms with Crippen molar-refractivity contribution >= 4 is 34.2 Å². The van der Waals surface area contributed by atoms with Gasteiger partial charge in [-0.1, -0.05) is 0 Å². The number of anilines is 2. The lowest BCUT2D eigenvalue weighted by Crippen LogP contribution is -1.99. The van der Waals surface area contributed by atoms with Crippen molar-refractivity contribution in [1.82, 2.24) is 19.7 Å². The molecule has 2 heterocycles. The number of alkyl halides is 1. The van der Waals surface area contributed by atoms with Crippen LogP contribution >= 0.6 is 22.6 Å². The second-order valence-electron chi connectivity index (χ2n) is 3.43. The normalized spacial score (nSPS) is 10.5. The highest BCUT2D eigenvalue weighted by Crippen LogP contribution is 2.16. The van der Waals surface area contributed by atoms with Crippen LogP contribution in [-0.4, -0.2) is 26.4 Å². The van der Waals surface area contributed by atoms with Gasteiger partial charge in [0.25, 0.3) is 0 Å². The van der Waals surface area contributed by atoms with Crippen molar-refractivity contribution in [1.29, 1.82) is 0 Å². The van der Waals surface area contributed by atoms with Crippen molar-refractivity contribution in [2.24, 2.45) is 0 Å². The number of hydrogen-bond donors (Lipinski definition) is 1. The van der Waals surface area contributed by atoms with Crippen LogP contribution in [0.2, 0.25) is 0 Å². The van der Waals surface area contributed by atoms with Crippen LogP contribution in [0.25, 0.3) is 0 Å². The summed E-state index contributed by atoms with van der Waals surface area (Å²) < 4.78 is 14.7. The third-order valence-electron chi connectivity index (χ3n) is 2.13. The summed E-state index contributed by atoms with van der Waals surface area (Å²) in [4.78, 5) is 8.26. The van der Waals surface area contributed by atoms with E-state index in [1.54, 1.807) is 23.3 Å². The molecule has 0 fully saturated rings. The van der Waals surface area contributed by atoms with E-state index in [9.17, 15) is 4.39 Å². The Kier molecular flexibility index (Phi) is 3.87. The van der Waals surface area contributed by atoms with Gasteiger partial charge in [-0.15, -0.1) is 0 Å². The molecule has 90 valence electrons. The first-order valence-electron chi connectivity index (χ1n) is 5.03. The molecule has 0 unspecified atom stereocenters. The third-order valence-corrected chi connectivity index (χ3v) is 2.68. The van der Waals surface area contributed by atoms with Crippen molar-refractivity contribution in [2.75, 3.05) is 12.0 Å². The molecule has 0 aliphatic heterocycles. The van der Waals surface area contributed by atoms with E-state index in [4.69, 9.17) is 0 Å². The average molecular weight is 347 g/mol. The molecule has 2 aromatic heterocycles. The molecule has 17 heavy (non-hydrogen) atoms. The molecule has 5 nitrogen and oxygen atoms in total. The van der Waals surface area contributed by atoms with Gasteiger partial charge >= 0.3 is 0 Å². The van der Waals surface area contributed by atoms with Gasteiger partial charge in [-0.3, -0.25) is 4.68 Å². The highest BCUT2D eigenvalue weighted by Gasteiger charge is 2.06. The van der Waals surface area contributed by atoms with E-state index < -0.39 is 6.67 Å². The Labute approximate surface area is 112 Å². The molecular weight excluding hydrogens is 336 g/mol. The summed E-state index contributed by atoms with van der Waals surface area (Å²) in [6.45, 7) is 1.68. The lowest BCUT2D eigenvalue weighted by atomic mass is 10.4. The Balaban J connectivity index is 2.15. The van der Waals surface area contributed by atoms with Crippen LogP contribution in [0.4, 0.5) is 16.0 Å². The van der Waals surface area contributed by atoms with Crippen molar-refractivity contribution in [3.63, 3.8) is 0 Å². The molecule has 0 saturated carbocycles. The van der Waals surface area contributed by atoms with Crippen LogP contribution in [0.5, 0.6) is 0 Å². The first-order valence-corrected chi connectivity index (χ1v) is 6.11. The molecule has 0 amide bonds. The minimum atomic E-state index is -0.430. The van der Waals surface area contributed by atoms with Crippen molar-refractivity contribution in [3.05, 3.63) is 27.9 Å². The third kappa shape index (κ3) is 3.11. The molecule has 1 N–H and O–H groups in total. The van der Waals surface area contributed by atoms with Crippen LogP contribution in [0, 0.1) is 10.5 Å². The maximum absolute atomic E-state index is 12.2. The zero-order valence-corrected chi connectivity index (χ0v) is 11.3. The number of aryl methyl sites for hydroxylation is 2. The molecule has 0 atom stereocenters. The summed E-state index contributed by atoms with van der Waals surface area (Å²) in [6, 6.07) is 0. The molecule has 7 heteroatoms. The fourth-order valence-corrected chi connectivity index (χ4v) is 1.62. The van der Waals surface area contributed by atoms with Gasteiger partial charge in [-0.2, -0.15) is 5.10 Å². The predicted molar refractivity (Wildman–Crippen MR) is 71.0 cm³/mol. The van der Waals surface area contributed by atoms with E-state index in [0.29, 0.717) is 5.95 Å². The Morgan fingerprint density at radius 3 is 2.76 bits per heavy atom. The molecule has 2 rings (SSSR count). The topological polar surface area (TPSA) is 55.6 Å². The predicted octanol–water partition coefficient (Wildman–Crippen LogP) is 2.30. The fourth-order valence-electron chi connectivity index (χ4n) is 1.34. The second-order valence-corrected chi connectivity index (χ2v) is 4.68. The summed E-state index contributed by atoms with van der Waals surface area (Å²) in [7, 11) is 0. The number of rotatable bonds is 4. The summed E-state index contributed by atoms with van der Waals surface area (Å²) >= 11 is 2.14. The molecule has 0 saturated heterocycles. The lowest BCUT2D eigenvalue weighted by Gasteiger charge is -2.01. The van der Waals surface area contributed by atoms with Gasteiger partial charge < -0.3 is 5.32 Å². The van der Waals surface area contributed by atoms with Gasteiger partial charge in [0.2, 0.25) is 5.95 Å². The molecule has 0 aromatic carbocycles. The van der Waals surface area contributed by atoms with E-state index >= 15 is 0 Å². The Morgan fingerprint density at radius 2 is 2.12 bits per heavy atom. The number of halogens is 2. The van der Waals surface area contributed by atoms with Crippen molar-refractivity contribution in [3.8, 4) is 0 Å². The van der Waals surface area contributed by atoms with Gasteiger partial charge in [0.1, 0.15) is 6.67 Å². The molecule has 0 spiro atoms. The quantitative estimate of drug-likeness (QED) is 0.863. The average Bonchev–Trinajstić information content (AvgIpc) is 2.63. The van der Waals surface area contributed by atoms with E-state index in [-0.39, 0.29) is 6.54 Å². The smallest absolute Gasteiger partial charge is 0.227 e. The fraction of sp³-hybridized carbons (Fsp3) is 0.300. The SMILES string of the molecule is Cc1nn(CCF)cc1Nc1ncc(I)cn1. The van der Waals surface area contributed by atoms with Crippen LogP contribution in [-0.2, 0) is 6.54 Å². The van der Waals surface area contributed by atoms with Gasteiger partial charge in [-0.05, 0) is 29.5 Å². The first kappa shape index (κ1) is 12.2.